The molecule has 42 heavy (non-hydrogen) atoms. The molecule has 9 nitrogen and oxygen atoms in total. The van der Waals surface area contributed by atoms with Gasteiger partial charge in [0.1, 0.15) is 18.1 Å². The van der Waals surface area contributed by atoms with Gasteiger partial charge in [0, 0.05) is 11.3 Å². The molecular weight excluding hydrogens is 688 g/mol. The molecule has 0 bridgehead atoms. The van der Waals surface area contributed by atoms with E-state index in [1.165, 1.54) is 6.21 Å². The number of hydrogen-bond acceptors (Lipinski definition) is 7. The largest absolute Gasteiger partial charge is 0.487 e. The van der Waals surface area contributed by atoms with Crippen molar-refractivity contribution in [2.75, 3.05) is 13.2 Å². The highest BCUT2D eigenvalue weighted by molar-refractivity contribution is 9.11. The average molecular weight is 716 g/mol. The number of nitrogens with zero attached hydrogens (tertiary/aromatic N) is 1. The first-order valence-corrected chi connectivity index (χ1v) is 14.9. The van der Waals surface area contributed by atoms with E-state index in [2.05, 4.69) is 53.0 Å². The third-order valence-electron chi connectivity index (χ3n) is 6.00. The minimum Gasteiger partial charge on any atom is -0.487 e. The summed E-state index contributed by atoms with van der Waals surface area (Å²) in [6.07, 6.45) is 1.52. The SMILES string of the molecule is CCOC(=O)C1=C(C)NC(=S)N[C@@H]1c1ccccc1OCC(=O)NN=Cc1cc(Br)c(OCc2ccccc2)c(Br)c1. The molecule has 0 spiro atoms. The fraction of sp³-hybridized carbons (Fsp3) is 0.200. The van der Waals surface area contributed by atoms with Crippen LogP contribution in [-0.2, 0) is 20.9 Å². The van der Waals surface area contributed by atoms with Gasteiger partial charge < -0.3 is 24.8 Å². The molecule has 1 heterocycles. The molecule has 4 rings (SSSR count). The molecule has 3 aromatic rings. The molecule has 0 aromatic heterocycles. The van der Waals surface area contributed by atoms with Gasteiger partial charge in [-0.3, -0.25) is 4.79 Å². The van der Waals surface area contributed by atoms with Crippen LogP contribution < -0.4 is 25.5 Å². The zero-order valence-corrected chi connectivity index (χ0v) is 26.8. The van der Waals surface area contributed by atoms with Crippen LogP contribution >= 0.6 is 44.1 Å². The van der Waals surface area contributed by atoms with Gasteiger partial charge in [-0.1, -0.05) is 48.5 Å². The van der Waals surface area contributed by atoms with E-state index in [-0.39, 0.29) is 13.2 Å². The van der Waals surface area contributed by atoms with Crippen molar-refractivity contribution in [1.29, 1.82) is 0 Å². The number of carbonyl (C=O) groups is 2. The molecule has 1 aliphatic heterocycles. The van der Waals surface area contributed by atoms with Crippen LogP contribution in [-0.4, -0.2) is 36.4 Å². The van der Waals surface area contributed by atoms with Gasteiger partial charge in [0.25, 0.3) is 5.91 Å². The van der Waals surface area contributed by atoms with Crippen molar-refractivity contribution in [1.82, 2.24) is 16.1 Å². The Bertz CT molecular complexity index is 1510. The van der Waals surface area contributed by atoms with Gasteiger partial charge in [0.15, 0.2) is 11.7 Å². The first-order valence-electron chi connectivity index (χ1n) is 12.9. The quantitative estimate of drug-likeness (QED) is 0.101. The number of nitrogens with one attached hydrogen (secondary N) is 3. The normalized spacial score (nSPS) is 14.7. The molecule has 0 aliphatic carbocycles. The Hall–Kier alpha value is -3.74. The number of hydrazone groups is 1. The second-order valence-corrected chi connectivity index (χ2v) is 11.1. The Labute approximate surface area is 266 Å². The zero-order chi connectivity index (χ0) is 30.1. The van der Waals surface area contributed by atoms with E-state index in [1.807, 2.05) is 48.5 Å². The molecule has 12 heteroatoms. The number of carbonyl (C=O) groups excluding carboxylic acids is 2. The van der Waals surface area contributed by atoms with E-state index in [0.717, 1.165) is 20.1 Å². The van der Waals surface area contributed by atoms with Crippen molar-refractivity contribution in [3.63, 3.8) is 0 Å². The molecule has 0 saturated carbocycles. The maximum atomic E-state index is 12.7. The molecule has 3 aromatic carbocycles. The highest BCUT2D eigenvalue weighted by Gasteiger charge is 2.32. The highest BCUT2D eigenvalue weighted by atomic mass is 79.9. The summed E-state index contributed by atoms with van der Waals surface area (Å²) in [5.41, 5.74) is 5.84. The van der Waals surface area contributed by atoms with Gasteiger partial charge >= 0.3 is 5.97 Å². The van der Waals surface area contributed by atoms with Crippen molar-refractivity contribution in [3.05, 3.63) is 104 Å². The van der Waals surface area contributed by atoms with E-state index in [9.17, 15) is 9.59 Å². The summed E-state index contributed by atoms with van der Waals surface area (Å²) in [5.74, 6) is 0.131. The summed E-state index contributed by atoms with van der Waals surface area (Å²) < 4.78 is 18.5. The molecule has 0 saturated heterocycles. The summed E-state index contributed by atoms with van der Waals surface area (Å²) in [4.78, 5) is 25.3. The highest BCUT2D eigenvalue weighted by Crippen LogP contribution is 2.35. The van der Waals surface area contributed by atoms with Crippen LogP contribution in [0.5, 0.6) is 11.5 Å². The predicted octanol–water partition coefficient (Wildman–Crippen LogP) is 5.68. The van der Waals surface area contributed by atoms with Crippen LogP contribution in [0.1, 0.15) is 36.6 Å². The molecule has 0 radical (unpaired) electrons. The van der Waals surface area contributed by atoms with Crippen molar-refractivity contribution >= 4 is 67.3 Å². The van der Waals surface area contributed by atoms with Crippen LogP contribution in [0.25, 0.3) is 0 Å². The van der Waals surface area contributed by atoms with E-state index in [1.54, 1.807) is 32.0 Å². The summed E-state index contributed by atoms with van der Waals surface area (Å²) in [6, 6.07) is 20.0. The van der Waals surface area contributed by atoms with Crippen LogP contribution in [0.3, 0.4) is 0 Å². The lowest BCUT2D eigenvalue weighted by Crippen LogP contribution is -2.45. The van der Waals surface area contributed by atoms with Gasteiger partial charge in [-0.2, -0.15) is 5.10 Å². The van der Waals surface area contributed by atoms with Crippen LogP contribution in [0.15, 0.2) is 92.0 Å². The number of allylic oxidation sites excluding steroid dienone is 1. The predicted molar refractivity (Wildman–Crippen MR) is 171 cm³/mol. The number of para-hydroxylation sites is 1. The Morgan fingerprint density at radius 3 is 2.45 bits per heavy atom. The number of thiocarbonyl (C=S) groups is 1. The maximum absolute atomic E-state index is 12.7. The smallest absolute Gasteiger partial charge is 0.338 e. The number of esters is 1. The van der Waals surface area contributed by atoms with Gasteiger partial charge in [-0.05, 0) is 87.3 Å². The Balaban J connectivity index is 1.38. The van der Waals surface area contributed by atoms with E-state index in [0.29, 0.717) is 40.1 Å². The average Bonchev–Trinajstić information content (AvgIpc) is 2.96. The number of hydrogen-bond donors (Lipinski definition) is 3. The lowest BCUT2D eigenvalue weighted by atomic mass is 9.95. The molecule has 1 atom stereocenters. The van der Waals surface area contributed by atoms with Gasteiger partial charge in [0.05, 0.1) is 33.4 Å². The third-order valence-corrected chi connectivity index (χ3v) is 7.40. The summed E-state index contributed by atoms with van der Waals surface area (Å²) in [7, 11) is 0. The van der Waals surface area contributed by atoms with Gasteiger partial charge in [-0.25, -0.2) is 10.2 Å². The molecule has 0 fully saturated rings. The lowest BCUT2D eigenvalue weighted by molar-refractivity contribution is -0.139. The first kappa shape index (κ1) is 31.2. The number of rotatable bonds is 11. The molecular formula is C30H28Br2N4O5S. The third kappa shape index (κ3) is 8.17. The Morgan fingerprint density at radius 2 is 1.74 bits per heavy atom. The minimum absolute atomic E-state index is 0.228. The van der Waals surface area contributed by atoms with Crippen molar-refractivity contribution < 1.29 is 23.8 Å². The van der Waals surface area contributed by atoms with Crippen LogP contribution in [0, 0.1) is 0 Å². The summed E-state index contributed by atoms with van der Waals surface area (Å²) in [5, 5.41) is 10.5. The van der Waals surface area contributed by atoms with Crippen molar-refractivity contribution in [2.45, 2.75) is 26.5 Å². The van der Waals surface area contributed by atoms with Gasteiger partial charge in [-0.15, -0.1) is 0 Å². The molecule has 218 valence electrons. The summed E-state index contributed by atoms with van der Waals surface area (Å²) >= 11 is 12.4. The Morgan fingerprint density at radius 1 is 1.05 bits per heavy atom. The zero-order valence-electron chi connectivity index (χ0n) is 22.8. The van der Waals surface area contributed by atoms with Crippen molar-refractivity contribution in [2.24, 2.45) is 5.10 Å². The number of amides is 1. The lowest BCUT2D eigenvalue weighted by Gasteiger charge is -2.30. The molecule has 1 aliphatic rings. The number of halogens is 2. The van der Waals surface area contributed by atoms with E-state index < -0.39 is 17.9 Å². The topological polar surface area (TPSA) is 110 Å². The number of benzene rings is 3. The first-order chi connectivity index (χ1) is 20.3. The van der Waals surface area contributed by atoms with Crippen LogP contribution in [0.4, 0.5) is 0 Å². The molecule has 0 unspecified atom stereocenters. The fourth-order valence-corrected chi connectivity index (χ4v) is 5.85. The fourth-order valence-electron chi connectivity index (χ4n) is 4.13. The second kappa shape index (κ2) is 14.9. The van der Waals surface area contributed by atoms with Gasteiger partial charge in [0.2, 0.25) is 0 Å². The van der Waals surface area contributed by atoms with E-state index in [4.69, 9.17) is 26.4 Å². The molecule has 1 amide bonds. The van der Waals surface area contributed by atoms with Crippen molar-refractivity contribution in [3.8, 4) is 11.5 Å². The molecule has 3 N–H and O–H groups in total. The second-order valence-electron chi connectivity index (χ2n) is 9.00. The minimum atomic E-state index is -0.619. The Kier molecular flexibility index (Phi) is 11.1. The monoisotopic (exact) mass is 714 g/mol. The standard InChI is InChI=1S/C30H28Br2N4O5S/c1-3-39-29(38)26-18(2)34-30(42)35-27(26)21-11-7-8-12-24(21)40-17-25(37)36-33-15-20-13-22(31)28(23(32)14-20)41-16-19-9-5-4-6-10-19/h4-15,27H,3,16-17H2,1-2H3,(H,36,37)(H2,34,35,42)/t27-/m1/s1. The maximum Gasteiger partial charge on any atom is 0.338 e. The summed E-state index contributed by atoms with van der Waals surface area (Å²) in [6.45, 7) is 3.84. The van der Waals surface area contributed by atoms with Crippen LogP contribution in [0.2, 0.25) is 0 Å². The number of ether oxygens (including phenoxy) is 3. The van der Waals surface area contributed by atoms with E-state index >= 15 is 0 Å².